The summed E-state index contributed by atoms with van der Waals surface area (Å²) in [5, 5.41) is 6.77. The van der Waals surface area contributed by atoms with Gasteiger partial charge in [0.05, 0.1) is 12.6 Å². The average molecular weight is 475 g/mol. The Hall–Kier alpha value is -2.35. The first-order valence-corrected chi connectivity index (χ1v) is 8.82. The third kappa shape index (κ3) is 6.09. The Morgan fingerprint density at radius 3 is 2.41 bits per heavy atom. The summed E-state index contributed by atoms with van der Waals surface area (Å²) in [6.07, 6.45) is 3.84. The van der Waals surface area contributed by atoms with E-state index in [-0.39, 0.29) is 30.0 Å². The monoisotopic (exact) mass is 475 g/mol. The van der Waals surface area contributed by atoms with Crippen molar-refractivity contribution in [2.24, 2.45) is 4.99 Å². The average Bonchev–Trinajstić information content (AvgIpc) is 3.13. The molecule has 2 aromatic carbocycles. The lowest BCUT2D eigenvalue weighted by Crippen LogP contribution is -2.38. The quantitative estimate of drug-likeness (QED) is 0.322. The molecule has 2 N–H and O–H groups in total. The van der Waals surface area contributed by atoms with Gasteiger partial charge in [-0.2, -0.15) is 0 Å². The number of hydrogen-bond donors (Lipinski definition) is 2. The van der Waals surface area contributed by atoms with E-state index in [0.29, 0.717) is 6.54 Å². The maximum absolute atomic E-state index is 4.47. The summed E-state index contributed by atoms with van der Waals surface area (Å²) in [5.41, 5.74) is 2.48. The van der Waals surface area contributed by atoms with Crippen LogP contribution in [0.15, 0.2) is 78.0 Å². The Morgan fingerprint density at radius 1 is 1.07 bits per heavy atom. The number of rotatable bonds is 6. The van der Waals surface area contributed by atoms with Crippen molar-refractivity contribution in [3.8, 4) is 0 Å². The molecule has 0 aliphatic heterocycles. The molecule has 0 saturated heterocycles. The topological polar surface area (TPSA) is 54.2 Å². The van der Waals surface area contributed by atoms with Gasteiger partial charge in [-0.05, 0) is 18.1 Å². The highest BCUT2D eigenvalue weighted by atomic mass is 127. The van der Waals surface area contributed by atoms with Gasteiger partial charge < -0.3 is 15.2 Å². The second kappa shape index (κ2) is 10.7. The van der Waals surface area contributed by atoms with Gasteiger partial charge in [-0.15, -0.1) is 24.0 Å². The first-order valence-electron chi connectivity index (χ1n) is 8.82. The van der Waals surface area contributed by atoms with Crippen molar-refractivity contribution in [2.75, 3.05) is 7.05 Å². The smallest absolute Gasteiger partial charge is 0.191 e. The molecule has 0 aliphatic carbocycles. The number of aromatic nitrogens is 2. The second-order valence-electron chi connectivity index (χ2n) is 6.16. The SMILES string of the molecule is CN=C(NCc1nccn1Cc1ccccc1)NC(C)c1ccccc1.I. The third-order valence-electron chi connectivity index (χ3n) is 4.29. The van der Waals surface area contributed by atoms with E-state index in [1.54, 1.807) is 7.05 Å². The fourth-order valence-electron chi connectivity index (χ4n) is 2.82. The molecule has 142 valence electrons. The number of aliphatic imine (C=N–C) groups is 1. The Bertz CT molecular complexity index is 830. The van der Waals surface area contributed by atoms with Crippen molar-refractivity contribution in [2.45, 2.75) is 26.1 Å². The molecule has 0 aliphatic rings. The summed E-state index contributed by atoms with van der Waals surface area (Å²) in [6, 6.07) is 20.9. The molecular formula is C21H26IN5. The zero-order valence-corrected chi connectivity index (χ0v) is 18.0. The summed E-state index contributed by atoms with van der Waals surface area (Å²) < 4.78 is 2.15. The van der Waals surface area contributed by atoms with Gasteiger partial charge in [-0.25, -0.2) is 4.98 Å². The summed E-state index contributed by atoms with van der Waals surface area (Å²) >= 11 is 0. The molecule has 1 heterocycles. The highest BCUT2D eigenvalue weighted by molar-refractivity contribution is 14.0. The minimum absolute atomic E-state index is 0. The molecule has 6 heteroatoms. The second-order valence-corrected chi connectivity index (χ2v) is 6.16. The highest BCUT2D eigenvalue weighted by Gasteiger charge is 2.09. The molecule has 1 aromatic heterocycles. The summed E-state index contributed by atoms with van der Waals surface area (Å²) in [6.45, 7) is 3.55. The molecule has 3 aromatic rings. The molecule has 0 bridgehead atoms. The lowest BCUT2D eigenvalue weighted by molar-refractivity contribution is 0.658. The van der Waals surface area contributed by atoms with Crippen molar-refractivity contribution in [1.29, 1.82) is 0 Å². The van der Waals surface area contributed by atoms with Crippen molar-refractivity contribution in [3.05, 3.63) is 90.0 Å². The van der Waals surface area contributed by atoms with E-state index in [4.69, 9.17) is 0 Å². The van der Waals surface area contributed by atoms with Crippen LogP contribution in [-0.2, 0) is 13.1 Å². The first kappa shape index (κ1) is 21.0. The number of imidazole rings is 1. The Morgan fingerprint density at radius 2 is 1.74 bits per heavy atom. The number of nitrogens with zero attached hydrogens (tertiary/aromatic N) is 3. The predicted molar refractivity (Wildman–Crippen MR) is 121 cm³/mol. The Balaban J connectivity index is 0.00000261. The predicted octanol–water partition coefficient (Wildman–Crippen LogP) is 3.98. The number of nitrogens with one attached hydrogen (secondary N) is 2. The van der Waals surface area contributed by atoms with Gasteiger partial charge in [0, 0.05) is 26.0 Å². The maximum atomic E-state index is 4.47. The largest absolute Gasteiger partial charge is 0.350 e. The molecular weight excluding hydrogens is 449 g/mol. The standard InChI is InChI=1S/C21H25N5.HI/c1-17(19-11-7-4-8-12-19)25-21(22-2)24-15-20-23-13-14-26(20)16-18-9-5-3-6-10-18;/h3-14,17H,15-16H2,1-2H3,(H2,22,24,25);1H. The molecule has 1 atom stereocenters. The lowest BCUT2D eigenvalue weighted by atomic mass is 10.1. The molecule has 27 heavy (non-hydrogen) atoms. The van der Waals surface area contributed by atoms with Crippen LogP contribution in [0.3, 0.4) is 0 Å². The van der Waals surface area contributed by atoms with Crippen molar-refractivity contribution in [3.63, 3.8) is 0 Å². The van der Waals surface area contributed by atoms with Crippen molar-refractivity contribution < 1.29 is 0 Å². The molecule has 0 radical (unpaired) electrons. The van der Waals surface area contributed by atoms with Crippen LogP contribution < -0.4 is 10.6 Å². The fraction of sp³-hybridized carbons (Fsp3) is 0.238. The van der Waals surface area contributed by atoms with E-state index >= 15 is 0 Å². The summed E-state index contributed by atoms with van der Waals surface area (Å²) in [4.78, 5) is 8.80. The number of halogens is 1. The van der Waals surface area contributed by atoms with E-state index in [2.05, 4.69) is 68.5 Å². The zero-order chi connectivity index (χ0) is 18.2. The molecule has 0 fully saturated rings. The first-order chi connectivity index (χ1) is 12.8. The van der Waals surface area contributed by atoms with Crippen LogP contribution in [-0.4, -0.2) is 22.6 Å². The van der Waals surface area contributed by atoms with Gasteiger partial charge in [-0.3, -0.25) is 4.99 Å². The van der Waals surface area contributed by atoms with Crippen LogP contribution in [0.5, 0.6) is 0 Å². The van der Waals surface area contributed by atoms with E-state index < -0.39 is 0 Å². The lowest BCUT2D eigenvalue weighted by Gasteiger charge is -2.18. The molecule has 0 amide bonds. The van der Waals surface area contributed by atoms with Crippen LogP contribution >= 0.6 is 24.0 Å². The van der Waals surface area contributed by atoms with Crippen LogP contribution in [0.4, 0.5) is 0 Å². The molecule has 5 nitrogen and oxygen atoms in total. The zero-order valence-electron chi connectivity index (χ0n) is 15.7. The number of guanidine groups is 1. The van der Waals surface area contributed by atoms with Crippen LogP contribution in [0.2, 0.25) is 0 Å². The Labute approximate surface area is 178 Å². The summed E-state index contributed by atoms with van der Waals surface area (Å²) in [7, 11) is 1.78. The van der Waals surface area contributed by atoms with Gasteiger partial charge in [0.1, 0.15) is 5.82 Å². The van der Waals surface area contributed by atoms with Crippen molar-refractivity contribution in [1.82, 2.24) is 20.2 Å². The molecule has 1 unspecified atom stereocenters. The van der Waals surface area contributed by atoms with E-state index in [9.17, 15) is 0 Å². The minimum atomic E-state index is 0. The van der Waals surface area contributed by atoms with Crippen LogP contribution in [0, 0.1) is 0 Å². The maximum Gasteiger partial charge on any atom is 0.191 e. The number of hydrogen-bond acceptors (Lipinski definition) is 2. The number of benzene rings is 2. The molecule has 3 rings (SSSR count). The van der Waals surface area contributed by atoms with Crippen molar-refractivity contribution >= 4 is 29.9 Å². The van der Waals surface area contributed by atoms with Gasteiger partial charge in [-0.1, -0.05) is 60.7 Å². The van der Waals surface area contributed by atoms with Gasteiger partial charge in [0.25, 0.3) is 0 Å². The van der Waals surface area contributed by atoms with Crippen LogP contribution in [0.1, 0.15) is 29.9 Å². The summed E-state index contributed by atoms with van der Waals surface area (Å²) in [5.74, 6) is 1.74. The molecule has 0 spiro atoms. The van der Waals surface area contributed by atoms with Gasteiger partial charge in [0.15, 0.2) is 5.96 Å². The normalized spacial score (nSPS) is 12.1. The Kier molecular flexibility index (Phi) is 8.32. The van der Waals surface area contributed by atoms with Gasteiger partial charge >= 0.3 is 0 Å². The third-order valence-corrected chi connectivity index (χ3v) is 4.29. The highest BCUT2D eigenvalue weighted by Crippen LogP contribution is 2.11. The fourth-order valence-corrected chi connectivity index (χ4v) is 2.82. The van der Waals surface area contributed by atoms with E-state index in [0.717, 1.165) is 18.3 Å². The van der Waals surface area contributed by atoms with Crippen LogP contribution in [0.25, 0.3) is 0 Å². The molecule has 0 saturated carbocycles. The van der Waals surface area contributed by atoms with E-state index in [1.165, 1.54) is 11.1 Å². The van der Waals surface area contributed by atoms with Gasteiger partial charge in [0.2, 0.25) is 0 Å². The minimum Gasteiger partial charge on any atom is -0.350 e. The van der Waals surface area contributed by atoms with E-state index in [1.807, 2.05) is 36.7 Å².